The third-order valence-electron chi connectivity index (χ3n) is 6.93. The van der Waals surface area contributed by atoms with Gasteiger partial charge < -0.3 is 9.88 Å². The van der Waals surface area contributed by atoms with Crippen LogP contribution in [0.5, 0.6) is 0 Å². The number of rotatable bonds is 6. The molecule has 2 aliphatic carbocycles. The quantitative estimate of drug-likeness (QED) is 0.394. The van der Waals surface area contributed by atoms with E-state index in [1.165, 1.54) is 22.9 Å². The van der Waals surface area contributed by atoms with Gasteiger partial charge in [-0.15, -0.1) is 10.2 Å². The smallest absolute Gasteiger partial charge is 0.233 e. The molecule has 4 aromatic rings. The van der Waals surface area contributed by atoms with Gasteiger partial charge in [0.05, 0.1) is 11.8 Å². The van der Waals surface area contributed by atoms with Crippen LogP contribution in [0.4, 0.5) is 0 Å². The molecule has 6 nitrogen and oxygen atoms in total. The third-order valence-corrected chi connectivity index (χ3v) is 7.86. The summed E-state index contributed by atoms with van der Waals surface area (Å²) in [6.45, 7) is 0. The predicted molar refractivity (Wildman–Crippen MR) is 131 cm³/mol. The van der Waals surface area contributed by atoms with Crippen molar-refractivity contribution in [3.63, 3.8) is 0 Å². The van der Waals surface area contributed by atoms with Crippen molar-refractivity contribution in [1.82, 2.24) is 24.6 Å². The molecule has 7 heteroatoms. The van der Waals surface area contributed by atoms with Crippen LogP contribution < -0.4 is 0 Å². The Morgan fingerprint density at radius 2 is 1.94 bits per heavy atom. The number of hydrogen-bond donors (Lipinski definition) is 1. The summed E-state index contributed by atoms with van der Waals surface area (Å²) in [6, 6.07) is 17.4. The minimum atomic E-state index is 0.140. The number of aromatic amines is 1. The average molecular weight is 458 g/mol. The van der Waals surface area contributed by atoms with Crippen molar-refractivity contribution in [3.8, 4) is 11.4 Å². The monoisotopic (exact) mass is 457 g/mol. The molecule has 168 valence electrons. The second kappa shape index (κ2) is 8.37. The Bertz CT molecular complexity index is 1320. The van der Waals surface area contributed by atoms with Crippen molar-refractivity contribution in [1.29, 1.82) is 0 Å². The second-order valence-electron chi connectivity index (χ2n) is 9.06. The molecule has 0 spiro atoms. The number of nitrogens with zero attached hydrogens (tertiary/aromatic N) is 4. The fourth-order valence-corrected chi connectivity index (χ4v) is 5.94. The van der Waals surface area contributed by atoms with Gasteiger partial charge in [0.25, 0.3) is 0 Å². The third kappa shape index (κ3) is 3.74. The Balaban J connectivity index is 1.22. The van der Waals surface area contributed by atoms with E-state index in [0.717, 1.165) is 59.6 Å². The molecule has 2 aromatic carbocycles. The summed E-state index contributed by atoms with van der Waals surface area (Å²) in [6.07, 6.45) is 7.52. The largest absolute Gasteiger partial charge is 0.360 e. The molecule has 1 fully saturated rings. The molecule has 1 atom stereocenters. The van der Waals surface area contributed by atoms with E-state index in [2.05, 4.69) is 56.1 Å². The summed E-state index contributed by atoms with van der Waals surface area (Å²) in [7, 11) is 1.94. The van der Waals surface area contributed by atoms with Gasteiger partial charge in [-0.2, -0.15) is 0 Å². The average Bonchev–Trinajstić information content (AvgIpc) is 3.47. The van der Waals surface area contributed by atoms with E-state index in [-0.39, 0.29) is 11.9 Å². The van der Waals surface area contributed by atoms with Crippen LogP contribution in [-0.2, 0) is 11.2 Å². The van der Waals surface area contributed by atoms with Gasteiger partial charge in [-0.05, 0) is 49.3 Å². The standard InChI is InChI=1S/C26H27N5OS/c1-30(23-12-6-8-17-7-2-3-9-19(17)23)24(32)16-33-26-29-28-25(31(26)18-13-14-18)21-15-27-22-11-5-4-10-20(21)22/h2-5,7,9-11,15,18,23,27H,6,8,12-14,16H2,1H3. The highest BCUT2D eigenvalue weighted by molar-refractivity contribution is 7.99. The SMILES string of the molecule is CN(C(=O)CSc1nnc(-c2c[nH]c3ccccc23)n1C1CC1)C1CCCc2ccccc21. The second-order valence-corrected chi connectivity index (χ2v) is 10.00. The number of fused-ring (bicyclic) bond motifs is 2. The molecule has 2 aliphatic rings. The van der Waals surface area contributed by atoms with E-state index < -0.39 is 0 Å². The van der Waals surface area contributed by atoms with E-state index in [1.807, 2.05) is 30.3 Å². The fourth-order valence-electron chi connectivity index (χ4n) is 5.01. The molecule has 2 heterocycles. The molecule has 1 amide bonds. The predicted octanol–water partition coefficient (Wildman–Crippen LogP) is 5.39. The normalized spacial score (nSPS) is 17.8. The molecule has 33 heavy (non-hydrogen) atoms. The molecular weight excluding hydrogens is 430 g/mol. The minimum absolute atomic E-state index is 0.140. The topological polar surface area (TPSA) is 66.8 Å². The van der Waals surface area contributed by atoms with Gasteiger partial charge in [0, 0.05) is 35.8 Å². The van der Waals surface area contributed by atoms with Gasteiger partial charge in [-0.25, -0.2) is 0 Å². The lowest BCUT2D eigenvalue weighted by atomic mass is 9.87. The first-order valence-corrected chi connectivity index (χ1v) is 12.7. The zero-order valence-corrected chi connectivity index (χ0v) is 19.5. The molecule has 0 radical (unpaired) electrons. The van der Waals surface area contributed by atoms with Crippen LogP contribution in [0.3, 0.4) is 0 Å². The summed E-state index contributed by atoms with van der Waals surface area (Å²) in [4.78, 5) is 18.5. The number of nitrogens with one attached hydrogen (secondary N) is 1. The van der Waals surface area contributed by atoms with Crippen molar-refractivity contribution in [2.24, 2.45) is 0 Å². The summed E-state index contributed by atoms with van der Waals surface area (Å²) in [5.74, 6) is 1.40. The van der Waals surface area contributed by atoms with E-state index in [4.69, 9.17) is 0 Å². The van der Waals surface area contributed by atoms with Gasteiger partial charge in [0.15, 0.2) is 11.0 Å². The van der Waals surface area contributed by atoms with E-state index >= 15 is 0 Å². The number of carbonyl (C=O) groups is 1. The lowest BCUT2D eigenvalue weighted by Crippen LogP contribution is -2.34. The first-order chi connectivity index (χ1) is 16.2. The molecular formula is C26H27N5OS. The van der Waals surface area contributed by atoms with E-state index in [0.29, 0.717) is 11.8 Å². The number of thioether (sulfide) groups is 1. The Kier molecular flexibility index (Phi) is 5.21. The summed E-state index contributed by atoms with van der Waals surface area (Å²) in [5.41, 5.74) is 4.83. The first-order valence-electron chi connectivity index (χ1n) is 11.7. The number of benzene rings is 2. The van der Waals surface area contributed by atoms with Gasteiger partial charge in [0.1, 0.15) is 0 Å². The Morgan fingerprint density at radius 3 is 2.82 bits per heavy atom. The van der Waals surface area contributed by atoms with Crippen molar-refractivity contribution < 1.29 is 4.79 Å². The van der Waals surface area contributed by atoms with Crippen LogP contribution in [0.25, 0.3) is 22.3 Å². The minimum Gasteiger partial charge on any atom is -0.360 e. The maximum absolute atomic E-state index is 13.2. The van der Waals surface area contributed by atoms with Crippen LogP contribution in [0, 0.1) is 0 Å². The molecule has 1 N–H and O–H groups in total. The number of H-pyrrole nitrogens is 1. The van der Waals surface area contributed by atoms with Crippen LogP contribution in [0.1, 0.15) is 48.9 Å². The van der Waals surface area contributed by atoms with Crippen molar-refractivity contribution >= 4 is 28.6 Å². The summed E-state index contributed by atoms with van der Waals surface area (Å²) < 4.78 is 2.24. The molecule has 1 saturated carbocycles. The zero-order chi connectivity index (χ0) is 22.4. The van der Waals surface area contributed by atoms with Gasteiger partial charge in [0.2, 0.25) is 5.91 Å². The van der Waals surface area contributed by atoms with Crippen molar-refractivity contribution in [2.45, 2.75) is 49.3 Å². The van der Waals surface area contributed by atoms with Crippen LogP contribution in [0.15, 0.2) is 59.9 Å². The number of amides is 1. The van der Waals surface area contributed by atoms with E-state index in [1.54, 1.807) is 0 Å². The van der Waals surface area contributed by atoms with Crippen LogP contribution in [0.2, 0.25) is 0 Å². The number of aromatic nitrogens is 4. The lowest BCUT2D eigenvalue weighted by molar-refractivity contribution is -0.129. The van der Waals surface area contributed by atoms with E-state index in [9.17, 15) is 4.79 Å². The highest BCUT2D eigenvalue weighted by atomic mass is 32.2. The van der Waals surface area contributed by atoms with Crippen LogP contribution >= 0.6 is 11.8 Å². The number of aryl methyl sites for hydroxylation is 1. The van der Waals surface area contributed by atoms with Gasteiger partial charge >= 0.3 is 0 Å². The highest BCUT2D eigenvalue weighted by Crippen LogP contribution is 2.42. The maximum Gasteiger partial charge on any atom is 0.233 e. The molecule has 0 bridgehead atoms. The molecule has 2 aromatic heterocycles. The Hall–Kier alpha value is -3.06. The number of para-hydroxylation sites is 1. The maximum atomic E-state index is 13.2. The van der Waals surface area contributed by atoms with Crippen molar-refractivity contribution in [3.05, 3.63) is 65.9 Å². The van der Waals surface area contributed by atoms with Crippen LogP contribution in [-0.4, -0.2) is 43.4 Å². The molecule has 0 aliphatic heterocycles. The molecule has 6 rings (SSSR count). The first kappa shape index (κ1) is 20.5. The molecule has 0 saturated heterocycles. The zero-order valence-electron chi connectivity index (χ0n) is 18.7. The fraction of sp³-hybridized carbons (Fsp3) is 0.346. The Morgan fingerprint density at radius 1 is 1.12 bits per heavy atom. The summed E-state index contributed by atoms with van der Waals surface area (Å²) >= 11 is 1.51. The summed E-state index contributed by atoms with van der Waals surface area (Å²) in [5, 5.41) is 11.1. The Labute approximate surface area is 197 Å². The lowest BCUT2D eigenvalue weighted by Gasteiger charge is -2.33. The highest BCUT2D eigenvalue weighted by Gasteiger charge is 2.32. The van der Waals surface area contributed by atoms with Crippen molar-refractivity contribution in [2.75, 3.05) is 12.8 Å². The van der Waals surface area contributed by atoms with Gasteiger partial charge in [-0.3, -0.25) is 9.36 Å². The van der Waals surface area contributed by atoms with Gasteiger partial charge in [-0.1, -0.05) is 54.2 Å². The molecule has 1 unspecified atom stereocenters. The number of hydrogen-bond acceptors (Lipinski definition) is 4. The number of carbonyl (C=O) groups excluding carboxylic acids is 1.